The fourth-order valence-electron chi connectivity index (χ4n) is 3.42. The van der Waals surface area contributed by atoms with Gasteiger partial charge in [0.15, 0.2) is 0 Å². The summed E-state index contributed by atoms with van der Waals surface area (Å²) in [6.07, 6.45) is 6.72. The number of fused-ring (bicyclic) bond motifs is 2. The Morgan fingerprint density at radius 3 is 2.82 bits per heavy atom. The van der Waals surface area contributed by atoms with Crippen molar-refractivity contribution in [2.45, 2.75) is 39.7 Å². The summed E-state index contributed by atoms with van der Waals surface area (Å²) in [5, 5.41) is 3.68. The molecule has 3 aliphatic rings. The normalized spacial score (nSPS) is 31.7. The van der Waals surface area contributed by atoms with Crippen molar-refractivity contribution in [1.82, 2.24) is 5.32 Å². The van der Waals surface area contributed by atoms with Gasteiger partial charge < -0.3 is 11.1 Å². The average molecular weight is 228 g/mol. The van der Waals surface area contributed by atoms with Gasteiger partial charge in [0.1, 0.15) is 0 Å². The van der Waals surface area contributed by atoms with Crippen LogP contribution in [0.3, 0.4) is 0 Å². The number of hydrogen-bond acceptors (Lipinski definition) is 2. The quantitative estimate of drug-likeness (QED) is 0.669. The van der Waals surface area contributed by atoms with E-state index in [2.05, 4.69) is 38.2 Å². The summed E-state index contributed by atoms with van der Waals surface area (Å²) in [5.41, 5.74) is 14.1. The zero-order valence-electron chi connectivity index (χ0n) is 10.8. The number of allylic oxidation sites excluding steroid dienone is 4. The van der Waals surface area contributed by atoms with Crippen molar-refractivity contribution in [1.29, 1.82) is 0 Å². The number of rotatable bonds is 0. The van der Waals surface area contributed by atoms with Gasteiger partial charge in [-0.15, -0.1) is 0 Å². The predicted octanol–water partition coefficient (Wildman–Crippen LogP) is 2.76. The summed E-state index contributed by atoms with van der Waals surface area (Å²) < 4.78 is 0. The highest BCUT2D eigenvalue weighted by Crippen LogP contribution is 2.42. The van der Waals surface area contributed by atoms with E-state index >= 15 is 0 Å². The van der Waals surface area contributed by atoms with Gasteiger partial charge in [0, 0.05) is 22.5 Å². The second-order valence-corrected chi connectivity index (χ2v) is 5.65. The van der Waals surface area contributed by atoms with Gasteiger partial charge in [0.05, 0.1) is 6.04 Å². The Kier molecular flexibility index (Phi) is 2.22. The minimum Gasteiger partial charge on any atom is -0.398 e. The van der Waals surface area contributed by atoms with Crippen LogP contribution in [-0.4, -0.2) is 6.04 Å². The molecule has 2 nitrogen and oxygen atoms in total. The first-order valence-corrected chi connectivity index (χ1v) is 6.42. The number of hydrogen-bond donors (Lipinski definition) is 2. The van der Waals surface area contributed by atoms with Crippen LogP contribution in [0.25, 0.3) is 0 Å². The van der Waals surface area contributed by atoms with Gasteiger partial charge in [-0.2, -0.15) is 0 Å². The Hall–Kier alpha value is -1.44. The van der Waals surface area contributed by atoms with Crippen LogP contribution in [0.2, 0.25) is 0 Å². The van der Waals surface area contributed by atoms with E-state index < -0.39 is 0 Å². The monoisotopic (exact) mass is 228 g/mol. The van der Waals surface area contributed by atoms with Crippen LogP contribution in [0.15, 0.2) is 45.8 Å². The molecule has 3 N–H and O–H groups in total. The zero-order chi connectivity index (χ0) is 12.2. The Morgan fingerprint density at radius 1 is 1.29 bits per heavy atom. The SMILES string of the molecule is CC1=CC(N)=C2C3=C(CC(C)C=C3C)NC2C1. The minimum absolute atomic E-state index is 0.415. The van der Waals surface area contributed by atoms with Crippen molar-refractivity contribution in [3.05, 3.63) is 45.8 Å². The van der Waals surface area contributed by atoms with Gasteiger partial charge in [-0.3, -0.25) is 0 Å². The molecular weight excluding hydrogens is 208 g/mol. The molecule has 90 valence electrons. The Morgan fingerprint density at radius 2 is 2.06 bits per heavy atom. The first kappa shape index (κ1) is 10.7. The molecule has 0 aromatic rings. The van der Waals surface area contributed by atoms with E-state index in [0.29, 0.717) is 12.0 Å². The largest absolute Gasteiger partial charge is 0.398 e. The first-order valence-electron chi connectivity index (χ1n) is 6.42. The molecule has 1 heterocycles. The molecule has 0 amide bonds. The lowest BCUT2D eigenvalue weighted by atomic mass is 9.83. The van der Waals surface area contributed by atoms with E-state index in [1.165, 1.54) is 28.0 Å². The van der Waals surface area contributed by atoms with Gasteiger partial charge >= 0.3 is 0 Å². The van der Waals surface area contributed by atoms with Gasteiger partial charge in [0.25, 0.3) is 0 Å². The summed E-state index contributed by atoms with van der Waals surface area (Å²) in [4.78, 5) is 0. The lowest BCUT2D eigenvalue weighted by Gasteiger charge is -2.22. The van der Waals surface area contributed by atoms with E-state index in [1.54, 1.807) is 0 Å². The fourth-order valence-corrected chi connectivity index (χ4v) is 3.42. The van der Waals surface area contributed by atoms with Crippen molar-refractivity contribution in [2.24, 2.45) is 11.7 Å². The van der Waals surface area contributed by atoms with Gasteiger partial charge in [-0.1, -0.05) is 18.6 Å². The van der Waals surface area contributed by atoms with E-state index in [1.807, 2.05) is 0 Å². The van der Waals surface area contributed by atoms with E-state index in [9.17, 15) is 0 Å². The van der Waals surface area contributed by atoms with Crippen molar-refractivity contribution < 1.29 is 0 Å². The van der Waals surface area contributed by atoms with Gasteiger partial charge in [0.2, 0.25) is 0 Å². The average Bonchev–Trinajstić information content (AvgIpc) is 2.55. The smallest absolute Gasteiger partial charge is 0.0575 e. The summed E-state index contributed by atoms with van der Waals surface area (Å²) in [5.74, 6) is 0.636. The molecule has 0 radical (unpaired) electrons. The predicted molar refractivity (Wildman–Crippen MR) is 71.1 cm³/mol. The highest BCUT2D eigenvalue weighted by atomic mass is 15.0. The lowest BCUT2D eigenvalue weighted by molar-refractivity contribution is 0.606. The third-order valence-electron chi connectivity index (χ3n) is 3.96. The van der Waals surface area contributed by atoms with Crippen molar-refractivity contribution >= 4 is 0 Å². The second kappa shape index (κ2) is 3.52. The van der Waals surface area contributed by atoms with Crippen LogP contribution in [0, 0.1) is 5.92 Å². The standard InChI is InChI=1S/C15H20N2/c1-8-4-10(3)14-12(6-8)17-13-7-9(2)5-11(16)15(13)14/h4-5,8,13,17H,6-7,16H2,1-3H3. The fraction of sp³-hybridized carbons (Fsp3) is 0.467. The summed E-state index contributed by atoms with van der Waals surface area (Å²) in [7, 11) is 0. The van der Waals surface area contributed by atoms with Crippen LogP contribution in [-0.2, 0) is 0 Å². The third-order valence-corrected chi connectivity index (χ3v) is 3.96. The first-order chi connectivity index (χ1) is 8.06. The van der Waals surface area contributed by atoms with Gasteiger partial charge in [-0.25, -0.2) is 0 Å². The highest BCUT2D eigenvalue weighted by Gasteiger charge is 2.35. The number of nitrogens with two attached hydrogens (primary N) is 1. The number of nitrogens with one attached hydrogen (secondary N) is 1. The van der Waals surface area contributed by atoms with Crippen molar-refractivity contribution in [3.8, 4) is 0 Å². The highest BCUT2D eigenvalue weighted by molar-refractivity contribution is 5.61. The molecule has 0 fully saturated rings. The van der Waals surface area contributed by atoms with Crippen LogP contribution in [0.5, 0.6) is 0 Å². The van der Waals surface area contributed by atoms with E-state index in [0.717, 1.165) is 18.5 Å². The molecule has 0 spiro atoms. The van der Waals surface area contributed by atoms with Crippen LogP contribution >= 0.6 is 0 Å². The lowest BCUT2D eigenvalue weighted by Crippen LogP contribution is -2.28. The third kappa shape index (κ3) is 1.54. The maximum Gasteiger partial charge on any atom is 0.0575 e. The molecule has 0 saturated heterocycles. The molecule has 0 bridgehead atoms. The molecule has 2 heteroatoms. The van der Waals surface area contributed by atoms with Gasteiger partial charge in [-0.05, 0) is 44.3 Å². The minimum atomic E-state index is 0.415. The summed E-state index contributed by atoms with van der Waals surface area (Å²) >= 11 is 0. The summed E-state index contributed by atoms with van der Waals surface area (Å²) in [6.45, 7) is 6.65. The van der Waals surface area contributed by atoms with Crippen LogP contribution < -0.4 is 11.1 Å². The molecule has 0 aromatic heterocycles. The molecule has 0 aromatic carbocycles. The molecule has 3 rings (SSSR count). The van der Waals surface area contributed by atoms with Crippen molar-refractivity contribution in [3.63, 3.8) is 0 Å². The molecule has 1 aliphatic heterocycles. The molecule has 17 heavy (non-hydrogen) atoms. The maximum atomic E-state index is 6.22. The Bertz CT molecular complexity index is 503. The maximum absolute atomic E-state index is 6.22. The molecule has 2 atom stereocenters. The molecule has 0 saturated carbocycles. The van der Waals surface area contributed by atoms with E-state index in [4.69, 9.17) is 5.73 Å². The topological polar surface area (TPSA) is 38.0 Å². The van der Waals surface area contributed by atoms with Crippen LogP contribution in [0.1, 0.15) is 33.6 Å². The van der Waals surface area contributed by atoms with Crippen LogP contribution in [0.4, 0.5) is 0 Å². The summed E-state index contributed by atoms with van der Waals surface area (Å²) in [6, 6.07) is 0.415. The Balaban J connectivity index is 2.11. The molecule has 2 unspecified atom stereocenters. The van der Waals surface area contributed by atoms with E-state index in [-0.39, 0.29) is 0 Å². The van der Waals surface area contributed by atoms with Crippen molar-refractivity contribution in [2.75, 3.05) is 0 Å². The molecule has 2 aliphatic carbocycles. The zero-order valence-corrected chi connectivity index (χ0v) is 10.8. The Labute approximate surface area is 103 Å². The molecular formula is C15H20N2. The second-order valence-electron chi connectivity index (χ2n) is 5.65.